The van der Waals surface area contributed by atoms with Gasteiger partial charge in [0.05, 0.1) is 20.3 Å². The third-order valence-electron chi connectivity index (χ3n) is 4.91. The quantitative estimate of drug-likeness (QED) is 0.481. The van der Waals surface area contributed by atoms with Gasteiger partial charge in [0.1, 0.15) is 16.4 Å². The highest BCUT2D eigenvalue weighted by Crippen LogP contribution is 2.29. The predicted molar refractivity (Wildman–Crippen MR) is 128 cm³/mol. The molecule has 174 valence electrons. The Morgan fingerprint density at radius 1 is 1.00 bits per heavy atom. The van der Waals surface area contributed by atoms with Gasteiger partial charge in [0.15, 0.2) is 0 Å². The number of rotatable bonds is 10. The van der Waals surface area contributed by atoms with E-state index in [9.17, 15) is 13.2 Å². The van der Waals surface area contributed by atoms with Gasteiger partial charge in [-0.05, 0) is 61.4 Å². The Morgan fingerprint density at radius 3 is 2.33 bits per heavy atom. The van der Waals surface area contributed by atoms with E-state index in [4.69, 9.17) is 9.47 Å². The number of sulfonamides is 1. The molecular formula is C25H28N2O5S. The maximum atomic E-state index is 13.6. The molecule has 0 saturated heterocycles. The lowest BCUT2D eigenvalue weighted by atomic mass is 10.2. The first-order valence-corrected chi connectivity index (χ1v) is 12.0. The summed E-state index contributed by atoms with van der Waals surface area (Å²) in [6.45, 7) is 3.91. The fourth-order valence-electron chi connectivity index (χ4n) is 3.30. The van der Waals surface area contributed by atoms with Gasteiger partial charge in [-0.15, -0.1) is 0 Å². The van der Waals surface area contributed by atoms with Crippen molar-refractivity contribution >= 4 is 21.6 Å². The minimum atomic E-state index is -4.04. The number of anilines is 1. The van der Waals surface area contributed by atoms with Crippen molar-refractivity contribution in [2.45, 2.75) is 25.3 Å². The lowest BCUT2D eigenvalue weighted by molar-refractivity contribution is -0.116. The van der Waals surface area contributed by atoms with Crippen molar-refractivity contribution in [2.24, 2.45) is 0 Å². The summed E-state index contributed by atoms with van der Waals surface area (Å²) >= 11 is 0. The van der Waals surface area contributed by atoms with Gasteiger partial charge in [-0.3, -0.25) is 4.79 Å². The van der Waals surface area contributed by atoms with E-state index in [0.717, 1.165) is 15.4 Å². The van der Waals surface area contributed by atoms with Crippen molar-refractivity contribution in [2.75, 3.05) is 25.6 Å². The van der Waals surface area contributed by atoms with Gasteiger partial charge in [0.25, 0.3) is 0 Å². The number of carbonyl (C=O) groups excluding carboxylic acids is 1. The molecule has 8 heteroatoms. The van der Waals surface area contributed by atoms with Crippen LogP contribution >= 0.6 is 0 Å². The molecule has 0 atom stereocenters. The molecule has 3 aromatic rings. The molecule has 0 aromatic heterocycles. The number of methoxy groups -OCH3 is 1. The SMILES string of the molecule is CCOc1ccc(NC(=O)CN(Cc2ccccc2)S(=O)(=O)c2cc(C)ccc2OC)cc1. The molecule has 1 N–H and O–H groups in total. The topological polar surface area (TPSA) is 84.9 Å². The number of aryl methyl sites for hydroxylation is 1. The maximum Gasteiger partial charge on any atom is 0.247 e. The van der Waals surface area contributed by atoms with E-state index in [1.54, 1.807) is 49.4 Å². The predicted octanol–water partition coefficient (Wildman–Crippen LogP) is 4.23. The van der Waals surface area contributed by atoms with Crippen LogP contribution in [0.25, 0.3) is 0 Å². The first-order chi connectivity index (χ1) is 15.8. The van der Waals surface area contributed by atoms with Crippen LogP contribution in [-0.4, -0.2) is 38.9 Å². The normalized spacial score (nSPS) is 11.3. The molecule has 0 aliphatic heterocycles. The monoisotopic (exact) mass is 468 g/mol. The number of hydrogen-bond donors (Lipinski definition) is 1. The van der Waals surface area contributed by atoms with E-state index in [0.29, 0.717) is 18.0 Å². The minimum Gasteiger partial charge on any atom is -0.495 e. The van der Waals surface area contributed by atoms with Gasteiger partial charge in [0.2, 0.25) is 15.9 Å². The van der Waals surface area contributed by atoms with Crippen molar-refractivity contribution in [3.05, 3.63) is 83.9 Å². The zero-order chi connectivity index (χ0) is 23.8. The first kappa shape index (κ1) is 24.3. The fourth-order valence-corrected chi connectivity index (χ4v) is 4.92. The summed E-state index contributed by atoms with van der Waals surface area (Å²) in [4.78, 5) is 12.9. The third-order valence-corrected chi connectivity index (χ3v) is 6.72. The lowest BCUT2D eigenvalue weighted by Gasteiger charge is -2.23. The van der Waals surface area contributed by atoms with Crippen LogP contribution in [0, 0.1) is 6.92 Å². The summed E-state index contributed by atoms with van der Waals surface area (Å²) in [5, 5.41) is 2.76. The second kappa shape index (κ2) is 11.0. The number of hydrogen-bond acceptors (Lipinski definition) is 5. The molecule has 0 heterocycles. The second-order valence-electron chi connectivity index (χ2n) is 7.42. The van der Waals surface area contributed by atoms with Crippen LogP contribution in [0.1, 0.15) is 18.1 Å². The molecule has 0 fully saturated rings. The number of ether oxygens (including phenoxy) is 2. The number of carbonyl (C=O) groups is 1. The van der Waals surface area contributed by atoms with Crippen LogP contribution in [0.5, 0.6) is 11.5 Å². The van der Waals surface area contributed by atoms with Crippen molar-refractivity contribution in [1.29, 1.82) is 0 Å². The van der Waals surface area contributed by atoms with Crippen LogP contribution in [0.3, 0.4) is 0 Å². The summed E-state index contributed by atoms with van der Waals surface area (Å²) < 4.78 is 39.1. The van der Waals surface area contributed by atoms with Gasteiger partial charge in [-0.2, -0.15) is 4.31 Å². The number of amides is 1. The maximum absolute atomic E-state index is 13.6. The van der Waals surface area contributed by atoms with Gasteiger partial charge < -0.3 is 14.8 Å². The van der Waals surface area contributed by atoms with Crippen LogP contribution in [0.4, 0.5) is 5.69 Å². The summed E-state index contributed by atoms with van der Waals surface area (Å²) in [6.07, 6.45) is 0. The number of nitrogens with zero attached hydrogens (tertiary/aromatic N) is 1. The zero-order valence-corrected chi connectivity index (χ0v) is 19.8. The zero-order valence-electron chi connectivity index (χ0n) is 18.9. The van der Waals surface area contributed by atoms with E-state index < -0.39 is 15.9 Å². The third kappa shape index (κ3) is 6.34. The number of nitrogens with one attached hydrogen (secondary N) is 1. The Labute approximate surface area is 195 Å². The van der Waals surface area contributed by atoms with E-state index in [1.807, 2.05) is 37.3 Å². The average molecular weight is 469 g/mol. The van der Waals surface area contributed by atoms with Gasteiger partial charge in [0, 0.05) is 12.2 Å². The minimum absolute atomic E-state index is 0.0230. The summed E-state index contributed by atoms with van der Waals surface area (Å²) in [6, 6.07) is 21.0. The summed E-state index contributed by atoms with van der Waals surface area (Å²) in [5.74, 6) is 0.464. The van der Waals surface area contributed by atoms with Gasteiger partial charge in [-0.1, -0.05) is 36.4 Å². The Hall–Kier alpha value is -3.36. The van der Waals surface area contributed by atoms with Crippen molar-refractivity contribution in [3.63, 3.8) is 0 Å². The summed E-state index contributed by atoms with van der Waals surface area (Å²) in [5.41, 5.74) is 2.09. The molecule has 0 saturated carbocycles. The van der Waals surface area contributed by atoms with Crippen molar-refractivity contribution in [1.82, 2.24) is 4.31 Å². The highest BCUT2D eigenvalue weighted by molar-refractivity contribution is 7.89. The molecule has 0 bridgehead atoms. The molecule has 1 amide bonds. The van der Waals surface area contributed by atoms with Crippen LogP contribution in [0.2, 0.25) is 0 Å². The van der Waals surface area contributed by atoms with E-state index in [-0.39, 0.29) is 23.7 Å². The molecule has 0 aliphatic rings. The van der Waals surface area contributed by atoms with Gasteiger partial charge in [-0.25, -0.2) is 8.42 Å². The Balaban J connectivity index is 1.88. The largest absolute Gasteiger partial charge is 0.495 e. The van der Waals surface area contributed by atoms with E-state index in [2.05, 4.69) is 5.32 Å². The molecule has 3 rings (SSSR count). The molecule has 7 nitrogen and oxygen atoms in total. The van der Waals surface area contributed by atoms with Crippen molar-refractivity contribution < 1.29 is 22.7 Å². The summed E-state index contributed by atoms with van der Waals surface area (Å²) in [7, 11) is -2.62. The van der Waals surface area contributed by atoms with Crippen LogP contribution in [-0.2, 0) is 21.4 Å². The highest BCUT2D eigenvalue weighted by atomic mass is 32.2. The number of benzene rings is 3. The Kier molecular flexibility index (Phi) is 8.08. The molecule has 0 radical (unpaired) electrons. The molecule has 33 heavy (non-hydrogen) atoms. The van der Waals surface area contributed by atoms with E-state index in [1.165, 1.54) is 7.11 Å². The molecule has 0 unspecified atom stereocenters. The molecule has 0 aliphatic carbocycles. The average Bonchev–Trinajstić information content (AvgIpc) is 2.81. The first-order valence-electron chi connectivity index (χ1n) is 10.5. The van der Waals surface area contributed by atoms with Crippen LogP contribution < -0.4 is 14.8 Å². The van der Waals surface area contributed by atoms with Crippen molar-refractivity contribution in [3.8, 4) is 11.5 Å². The fraction of sp³-hybridized carbons (Fsp3) is 0.240. The van der Waals surface area contributed by atoms with E-state index >= 15 is 0 Å². The smallest absolute Gasteiger partial charge is 0.247 e. The van der Waals surface area contributed by atoms with Crippen LogP contribution in [0.15, 0.2) is 77.7 Å². The molecular weight excluding hydrogens is 440 g/mol. The Bertz CT molecular complexity index is 1180. The molecule has 3 aromatic carbocycles. The molecule has 0 spiro atoms. The standard InChI is InChI=1S/C25H28N2O5S/c1-4-32-22-13-11-21(12-14-22)26-25(28)18-27(17-20-8-6-5-7-9-20)33(29,30)24-16-19(2)10-15-23(24)31-3/h5-16H,4,17-18H2,1-3H3,(H,26,28). The highest BCUT2D eigenvalue weighted by Gasteiger charge is 2.30. The van der Waals surface area contributed by atoms with Gasteiger partial charge >= 0.3 is 0 Å². The lowest BCUT2D eigenvalue weighted by Crippen LogP contribution is -2.37. The Morgan fingerprint density at radius 2 is 1.70 bits per heavy atom. The second-order valence-corrected chi connectivity index (χ2v) is 9.32.